The third-order valence-corrected chi connectivity index (χ3v) is 7.90. The van der Waals surface area contributed by atoms with Gasteiger partial charge in [0.1, 0.15) is 11.3 Å². The lowest BCUT2D eigenvalue weighted by Gasteiger charge is -2.37. The number of aromatic nitrogens is 1. The number of hydrogen-bond acceptors (Lipinski definition) is 7. The second-order valence-electron chi connectivity index (χ2n) is 9.50. The number of nitrogens with one attached hydrogen (secondary N) is 1. The summed E-state index contributed by atoms with van der Waals surface area (Å²) in [5, 5.41) is 14.6. The fraction of sp³-hybridized carbons (Fsp3) is 0.296. The Morgan fingerprint density at radius 2 is 2.08 bits per heavy atom. The van der Waals surface area contributed by atoms with E-state index in [0.717, 1.165) is 12.8 Å². The second-order valence-corrected chi connectivity index (χ2v) is 9.50. The van der Waals surface area contributed by atoms with Crippen molar-refractivity contribution in [2.45, 2.75) is 30.3 Å². The molecule has 9 heteroatoms. The number of benzene rings is 2. The van der Waals surface area contributed by atoms with E-state index in [4.69, 9.17) is 4.74 Å². The van der Waals surface area contributed by atoms with Crippen molar-refractivity contribution in [1.82, 2.24) is 9.88 Å². The van der Waals surface area contributed by atoms with E-state index in [0.29, 0.717) is 34.7 Å². The molecule has 1 spiro atoms. The first-order valence-corrected chi connectivity index (χ1v) is 11.9. The van der Waals surface area contributed by atoms with Crippen LogP contribution < -0.4 is 10.1 Å². The Morgan fingerprint density at radius 3 is 2.83 bits per heavy atom. The van der Waals surface area contributed by atoms with Gasteiger partial charge < -0.3 is 10.1 Å². The molecular weight excluding hydrogens is 460 g/mol. The van der Waals surface area contributed by atoms with Crippen LogP contribution in [0.2, 0.25) is 0 Å². The summed E-state index contributed by atoms with van der Waals surface area (Å²) in [6, 6.07) is 15.2. The molecule has 4 heterocycles. The number of ketones is 1. The maximum atomic E-state index is 14.3. The van der Waals surface area contributed by atoms with E-state index in [9.17, 15) is 19.7 Å². The molecule has 9 nitrogen and oxygen atoms in total. The highest BCUT2D eigenvalue weighted by atomic mass is 16.6. The van der Waals surface area contributed by atoms with Crippen LogP contribution in [-0.2, 0) is 10.3 Å². The van der Waals surface area contributed by atoms with Crippen molar-refractivity contribution < 1.29 is 19.2 Å². The normalized spacial score (nSPS) is 26.5. The molecule has 0 unspecified atom stereocenters. The minimum absolute atomic E-state index is 0.0384. The number of pyridine rings is 1. The number of carbonyl (C=O) groups is 2. The Morgan fingerprint density at radius 1 is 1.22 bits per heavy atom. The average molecular weight is 485 g/mol. The summed E-state index contributed by atoms with van der Waals surface area (Å²) < 4.78 is 5.50. The first kappa shape index (κ1) is 22.4. The number of hydrogen-bond donors (Lipinski definition) is 1. The molecular formula is C27H24N4O5. The average Bonchev–Trinajstić information content (AvgIpc) is 3.57. The number of non-ortho nitro benzene ring substituents is 1. The summed E-state index contributed by atoms with van der Waals surface area (Å²) in [6.45, 7) is 0.636. The number of nitro benzene ring substituents is 1. The van der Waals surface area contributed by atoms with Crippen LogP contribution in [0.15, 0.2) is 67.0 Å². The van der Waals surface area contributed by atoms with E-state index >= 15 is 0 Å². The number of ether oxygens (including phenoxy) is 1. The highest BCUT2D eigenvalue weighted by molar-refractivity contribution is 6.12. The highest BCUT2D eigenvalue weighted by Crippen LogP contribution is 2.61. The van der Waals surface area contributed by atoms with E-state index in [1.807, 2.05) is 12.1 Å². The number of nitro groups is 1. The third kappa shape index (κ3) is 3.02. The molecule has 0 saturated carbocycles. The SMILES string of the molecule is COc1ccc2c(c1)[C@@]1(C(=O)N2)[C@@H](C(=O)c2cccnc2)[C@H](c2cccc([N+](=O)[O-])c2)[C@H]2CCCN21. The molecule has 3 aliphatic heterocycles. The molecule has 0 aliphatic carbocycles. The zero-order valence-corrected chi connectivity index (χ0v) is 19.6. The smallest absolute Gasteiger partial charge is 0.269 e. The summed E-state index contributed by atoms with van der Waals surface area (Å²) in [4.78, 5) is 45.8. The lowest BCUT2D eigenvalue weighted by Crippen LogP contribution is -2.52. The van der Waals surface area contributed by atoms with E-state index in [-0.39, 0.29) is 23.4 Å². The molecule has 4 atom stereocenters. The lowest BCUT2D eigenvalue weighted by atomic mass is 9.69. The Kier molecular flexibility index (Phi) is 5.11. The van der Waals surface area contributed by atoms with Crippen molar-refractivity contribution in [2.24, 2.45) is 5.92 Å². The van der Waals surface area contributed by atoms with Crippen LogP contribution in [-0.4, -0.2) is 46.2 Å². The van der Waals surface area contributed by atoms with Crippen molar-refractivity contribution in [2.75, 3.05) is 19.0 Å². The lowest BCUT2D eigenvalue weighted by molar-refractivity contribution is -0.384. The molecule has 0 bridgehead atoms. The van der Waals surface area contributed by atoms with Gasteiger partial charge in [-0.25, -0.2) is 0 Å². The minimum Gasteiger partial charge on any atom is -0.497 e. The van der Waals surface area contributed by atoms with Crippen molar-refractivity contribution >= 4 is 23.1 Å². The largest absolute Gasteiger partial charge is 0.497 e. The molecule has 2 fully saturated rings. The summed E-state index contributed by atoms with van der Waals surface area (Å²) >= 11 is 0. The zero-order chi connectivity index (χ0) is 25.0. The number of nitrogens with zero attached hydrogens (tertiary/aromatic N) is 3. The van der Waals surface area contributed by atoms with Crippen LogP contribution in [0, 0.1) is 16.0 Å². The first-order valence-electron chi connectivity index (χ1n) is 11.9. The van der Waals surface area contributed by atoms with Crippen molar-refractivity contribution in [3.8, 4) is 5.75 Å². The monoisotopic (exact) mass is 484 g/mol. The number of amides is 1. The molecule has 1 N–H and O–H groups in total. The highest BCUT2D eigenvalue weighted by Gasteiger charge is 2.69. The molecule has 0 radical (unpaired) electrons. The predicted molar refractivity (Wildman–Crippen MR) is 131 cm³/mol. The Labute approximate surface area is 207 Å². The second kappa shape index (κ2) is 8.23. The van der Waals surface area contributed by atoms with Gasteiger partial charge in [-0.2, -0.15) is 0 Å². The van der Waals surface area contributed by atoms with E-state index < -0.39 is 22.3 Å². The number of fused-ring (bicyclic) bond motifs is 4. The summed E-state index contributed by atoms with van der Waals surface area (Å²) in [5.41, 5.74) is 1.13. The van der Waals surface area contributed by atoms with Gasteiger partial charge in [-0.15, -0.1) is 0 Å². The van der Waals surface area contributed by atoms with Crippen LogP contribution in [0.3, 0.4) is 0 Å². The number of methoxy groups -OCH3 is 1. The van der Waals surface area contributed by atoms with Crippen LogP contribution in [0.1, 0.15) is 40.2 Å². The topological polar surface area (TPSA) is 115 Å². The molecule has 1 amide bonds. The number of carbonyl (C=O) groups excluding carboxylic acids is 2. The van der Waals surface area contributed by atoms with Gasteiger partial charge >= 0.3 is 0 Å². The molecule has 6 rings (SSSR count). The molecule has 182 valence electrons. The van der Waals surface area contributed by atoms with E-state index in [2.05, 4.69) is 15.2 Å². The molecule has 1 aromatic heterocycles. The number of anilines is 1. The van der Waals surface area contributed by atoms with Crippen molar-refractivity contribution in [3.63, 3.8) is 0 Å². The van der Waals surface area contributed by atoms with E-state index in [1.54, 1.807) is 49.7 Å². The van der Waals surface area contributed by atoms with Crippen LogP contribution in [0.5, 0.6) is 5.75 Å². The van der Waals surface area contributed by atoms with Gasteiger partial charge in [0.25, 0.3) is 5.69 Å². The number of rotatable bonds is 5. The molecule has 3 aromatic rings. The van der Waals surface area contributed by atoms with Crippen molar-refractivity contribution in [1.29, 1.82) is 0 Å². The predicted octanol–water partition coefficient (Wildman–Crippen LogP) is 3.91. The Bertz CT molecular complexity index is 1390. The molecule has 3 aliphatic rings. The Hall–Kier alpha value is -4.11. The molecule has 2 saturated heterocycles. The van der Waals surface area contributed by atoms with E-state index in [1.165, 1.54) is 12.3 Å². The van der Waals surface area contributed by atoms with Gasteiger partial charge in [0.2, 0.25) is 5.91 Å². The molecule has 36 heavy (non-hydrogen) atoms. The third-order valence-electron chi connectivity index (χ3n) is 7.90. The van der Waals surface area contributed by atoms with Crippen LogP contribution in [0.4, 0.5) is 11.4 Å². The summed E-state index contributed by atoms with van der Waals surface area (Å²) in [5.74, 6) is -1.12. The first-order chi connectivity index (χ1) is 17.5. The van der Waals surface area contributed by atoms with Gasteiger partial charge in [0.05, 0.1) is 18.0 Å². The standard InChI is InChI=1S/C27H24N4O5/c1-36-19-9-10-21-20(14-19)27(26(33)29-21)24(25(32)17-6-3-11-28-15-17)23(22-8-4-12-30(22)27)16-5-2-7-18(13-16)31(34)35/h2-3,5-7,9-11,13-15,22-24H,4,8,12H2,1H3,(H,29,33)/t22-,23-,24-,27+/m1/s1. The fourth-order valence-electron chi connectivity index (χ4n) is 6.57. The maximum absolute atomic E-state index is 14.3. The van der Waals surface area contributed by atoms with Crippen LogP contribution >= 0.6 is 0 Å². The minimum atomic E-state index is -1.27. The summed E-state index contributed by atoms with van der Waals surface area (Å²) in [6.07, 6.45) is 4.75. The molecule has 2 aromatic carbocycles. The summed E-state index contributed by atoms with van der Waals surface area (Å²) in [7, 11) is 1.57. The van der Waals surface area contributed by atoms with Gasteiger partial charge in [0.15, 0.2) is 5.78 Å². The number of Topliss-reactive ketones (excluding diaryl/α,β-unsaturated/α-hetero) is 1. The quantitative estimate of drug-likeness (QED) is 0.332. The fourth-order valence-corrected chi connectivity index (χ4v) is 6.57. The van der Waals surface area contributed by atoms with Gasteiger partial charge in [-0.05, 0) is 55.3 Å². The van der Waals surface area contributed by atoms with Crippen molar-refractivity contribution in [3.05, 3.63) is 93.8 Å². The van der Waals surface area contributed by atoms with Gasteiger partial charge in [-0.1, -0.05) is 12.1 Å². The van der Waals surface area contributed by atoms with Gasteiger partial charge in [-0.3, -0.25) is 29.6 Å². The van der Waals surface area contributed by atoms with Crippen LogP contribution in [0.25, 0.3) is 0 Å². The van der Waals surface area contributed by atoms with Gasteiger partial charge in [0, 0.05) is 53.3 Å². The Balaban J connectivity index is 1.63. The zero-order valence-electron chi connectivity index (χ0n) is 19.6. The maximum Gasteiger partial charge on any atom is 0.269 e.